The van der Waals surface area contributed by atoms with Crippen LogP contribution in [-0.4, -0.2) is 36.7 Å². The fourth-order valence-corrected chi connectivity index (χ4v) is 2.77. The van der Waals surface area contributed by atoms with Gasteiger partial charge in [-0.25, -0.2) is 4.79 Å². The molecule has 0 radical (unpaired) electrons. The number of morpholine rings is 1. The highest BCUT2D eigenvalue weighted by molar-refractivity contribution is 5.89. The van der Waals surface area contributed by atoms with Gasteiger partial charge in [0.25, 0.3) is 0 Å². The average Bonchev–Trinajstić information content (AvgIpc) is 2.67. The average molecular weight is 351 g/mol. The topological polar surface area (TPSA) is 74.6 Å². The largest absolute Gasteiger partial charge is 0.489 e. The number of urea groups is 1. The Morgan fingerprint density at radius 2 is 2.19 bits per heavy atom. The SMILES string of the molecule is C[C@H]1CN(C(=O)Nc2cccc(OCc3cccc(C#N)c3)c2)CCO1. The number of rotatable bonds is 4. The molecular weight excluding hydrogens is 330 g/mol. The molecule has 1 atom stereocenters. The maximum atomic E-state index is 12.4. The van der Waals surface area contributed by atoms with Gasteiger partial charge in [0, 0.05) is 24.8 Å². The summed E-state index contributed by atoms with van der Waals surface area (Å²) in [5.74, 6) is 0.653. The Bertz CT molecular complexity index is 816. The van der Waals surface area contributed by atoms with Crippen molar-refractivity contribution >= 4 is 11.7 Å². The van der Waals surface area contributed by atoms with E-state index in [-0.39, 0.29) is 12.1 Å². The molecule has 134 valence electrons. The number of ether oxygens (including phenoxy) is 2. The molecule has 1 aliphatic rings. The van der Waals surface area contributed by atoms with Crippen LogP contribution in [0, 0.1) is 11.3 Å². The molecule has 1 heterocycles. The Labute approximate surface area is 152 Å². The number of nitrogens with zero attached hydrogens (tertiary/aromatic N) is 2. The standard InChI is InChI=1S/C20H21N3O3/c1-15-13-23(8-9-25-15)20(24)22-18-6-3-7-19(11-18)26-14-17-5-2-4-16(10-17)12-21/h2-7,10-11,15H,8-9,13-14H2,1H3,(H,22,24)/t15-/m0/s1. The highest BCUT2D eigenvalue weighted by Crippen LogP contribution is 2.19. The summed E-state index contributed by atoms with van der Waals surface area (Å²) >= 11 is 0. The molecule has 1 fully saturated rings. The monoisotopic (exact) mass is 351 g/mol. The summed E-state index contributed by atoms with van der Waals surface area (Å²) in [6.07, 6.45) is 0.0494. The summed E-state index contributed by atoms with van der Waals surface area (Å²) < 4.78 is 11.2. The van der Waals surface area contributed by atoms with E-state index in [0.29, 0.717) is 43.3 Å². The highest BCUT2D eigenvalue weighted by atomic mass is 16.5. The summed E-state index contributed by atoms with van der Waals surface area (Å²) in [6, 6.07) is 16.5. The second-order valence-corrected chi connectivity index (χ2v) is 6.19. The van der Waals surface area contributed by atoms with Crippen LogP contribution in [0.15, 0.2) is 48.5 Å². The van der Waals surface area contributed by atoms with Crippen molar-refractivity contribution in [2.24, 2.45) is 0 Å². The quantitative estimate of drug-likeness (QED) is 0.916. The zero-order valence-corrected chi connectivity index (χ0v) is 14.6. The fraction of sp³-hybridized carbons (Fsp3) is 0.300. The Morgan fingerprint density at radius 3 is 3.00 bits per heavy atom. The Balaban J connectivity index is 1.59. The van der Waals surface area contributed by atoms with E-state index in [1.54, 1.807) is 23.1 Å². The van der Waals surface area contributed by atoms with Gasteiger partial charge in [0.05, 0.1) is 24.3 Å². The second-order valence-electron chi connectivity index (χ2n) is 6.19. The molecule has 6 nitrogen and oxygen atoms in total. The van der Waals surface area contributed by atoms with Gasteiger partial charge in [-0.3, -0.25) is 0 Å². The van der Waals surface area contributed by atoms with Crippen LogP contribution in [0.25, 0.3) is 0 Å². The number of carbonyl (C=O) groups is 1. The van der Waals surface area contributed by atoms with E-state index in [1.807, 2.05) is 37.3 Å². The molecule has 1 saturated heterocycles. The third-order valence-corrected chi connectivity index (χ3v) is 4.08. The van der Waals surface area contributed by atoms with Crippen molar-refractivity contribution in [3.63, 3.8) is 0 Å². The normalized spacial score (nSPS) is 16.6. The van der Waals surface area contributed by atoms with Gasteiger partial charge in [-0.15, -0.1) is 0 Å². The van der Waals surface area contributed by atoms with Gasteiger partial charge >= 0.3 is 6.03 Å². The van der Waals surface area contributed by atoms with Crippen LogP contribution in [0.2, 0.25) is 0 Å². The van der Waals surface area contributed by atoms with Gasteiger partial charge in [-0.2, -0.15) is 5.26 Å². The lowest BCUT2D eigenvalue weighted by Crippen LogP contribution is -2.46. The molecular formula is C20H21N3O3. The number of amides is 2. The molecule has 2 aromatic carbocycles. The molecule has 0 spiro atoms. The smallest absolute Gasteiger partial charge is 0.322 e. The highest BCUT2D eigenvalue weighted by Gasteiger charge is 2.21. The molecule has 26 heavy (non-hydrogen) atoms. The first-order chi connectivity index (χ1) is 12.6. The van der Waals surface area contributed by atoms with Crippen LogP contribution < -0.4 is 10.1 Å². The lowest BCUT2D eigenvalue weighted by Gasteiger charge is -2.31. The number of nitrogens with one attached hydrogen (secondary N) is 1. The number of benzene rings is 2. The Morgan fingerprint density at radius 1 is 1.35 bits per heavy atom. The lowest BCUT2D eigenvalue weighted by atomic mass is 10.1. The molecule has 0 aliphatic carbocycles. The van der Waals surface area contributed by atoms with Crippen LogP contribution in [0.1, 0.15) is 18.1 Å². The maximum absolute atomic E-state index is 12.4. The molecule has 6 heteroatoms. The van der Waals surface area contributed by atoms with Crippen LogP contribution in [0.4, 0.5) is 10.5 Å². The van der Waals surface area contributed by atoms with E-state index in [9.17, 15) is 4.79 Å². The van der Waals surface area contributed by atoms with Gasteiger partial charge in [0.15, 0.2) is 0 Å². The number of anilines is 1. The van der Waals surface area contributed by atoms with Crippen molar-refractivity contribution in [3.8, 4) is 11.8 Å². The van der Waals surface area contributed by atoms with Crippen LogP contribution in [-0.2, 0) is 11.3 Å². The van der Waals surface area contributed by atoms with Crippen LogP contribution >= 0.6 is 0 Å². The van der Waals surface area contributed by atoms with Crippen molar-refractivity contribution in [2.75, 3.05) is 25.0 Å². The van der Waals surface area contributed by atoms with E-state index in [4.69, 9.17) is 14.7 Å². The third-order valence-electron chi connectivity index (χ3n) is 4.08. The van der Waals surface area contributed by atoms with E-state index in [0.717, 1.165) is 5.56 Å². The van der Waals surface area contributed by atoms with Gasteiger partial charge in [-0.05, 0) is 36.8 Å². The first-order valence-corrected chi connectivity index (χ1v) is 8.53. The predicted octanol–water partition coefficient (Wildman–Crippen LogP) is 3.39. The second kappa shape index (κ2) is 8.37. The van der Waals surface area contributed by atoms with Crippen molar-refractivity contribution in [2.45, 2.75) is 19.6 Å². The Hall–Kier alpha value is -3.04. The van der Waals surface area contributed by atoms with Crippen molar-refractivity contribution in [3.05, 3.63) is 59.7 Å². The van der Waals surface area contributed by atoms with Crippen molar-refractivity contribution in [1.29, 1.82) is 5.26 Å². The molecule has 0 aromatic heterocycles. The molecule has 1 N–H and O–H groups in total. The van der Waals surface area contributed by atoms with E-state index >= 15 is 0 Å². The minimum atomic E-state index is -0.140. The number of carbonyl (C=O) groups excluding carboxylic acids is 1. The minimum Gasteiger partial charge on any atom is -0.489 e. The summed E-state index contributed by atoms with van der Waals surface area (Å²) in [5, 5.41) is 11.8. The van der Waals surface area contributed by atoms with Crippen molar-refractivity contribution in [1.82, 2.24) is 4.90 Å². The molecule has 0 saturated carbocycles. The molecule has 2 amide bonds. The van der Waals surface area contributed by atoms with Gasteiger partial charge < -0.3 is 19.7 Å². The first kappa shape index (κ1) is 17.8. The molecule has 0 unspecified atom stereocenters. The summed E-state index contributed by atoms with van der Waals surface area (Å²) in [4.78, 5) is 14.1. The van der Waals surface area contributed by atoms with Gasteiger partial charge in [0.1, 0.15) is 12.4 Å². The van der Waals surface area contributed by atoms with Gasteiger partial charge in [0.2, 0.25) is 0 Å². The number of hydrogen-bond donors (Lipinski definition) is 1. The minimum absolute atomic E-state index is 0.0494. The first-order valence-electron chi connectivity index (χ1n) is 8.53. The molecule has 1 aliphatic heterocycles. The number of hydrogen-bond acceptors (Lipinski definition) is 4. The molecule has 0 bridgehead atoms. The fourth-order valence-electron chi connectivity index (χ4n) is 2.77. The van der Waals surface area contributed by atoms with Crippen LogP contribution in [0.3, 0.4) is 0 Å². The zero-order valence-electron chi connectivity index (χ0n) is 14.6. The maximum Gasteiger partial charge on any atom is 0.322 e. The van der Waals surface area contributed by atoms with Crippen LogP contribution in [0.5, 0.6) is 5.75 Å². The summed E-state index contributed by atoms with van der Waals surface area (Å²) in [7, 11) is 0. The van der Waals surface area contributed by atoms with E-state index in [1.165, 1.54) is 0 Å². The molecule has 3 rings (SSSR count). The lowest BCUT2D eigenvalue weighted by molar-refractivity contribution is -0.00138. The number of nitriles is 1. The van der Waals surface area contributed by atoms with Gasteiger partial charge in [-0.1, -0.05) is 18.2 Å². The van der Waals surface area contributed by atoms with E-state index < -0.39 is 0 Å². The molecule has 2 aromatic rings. The Kier molecular flexibility index (Phi) is 5.72. The van der Waals surface area contributed by atoms with Crippen molar-refractivity contribution < 1.29 is 14.3 Å². The summed E-state index contributed by atoms with van der Waals surface area (Å²) in [5.41, 5.74) is 2.20. The summed E-state index contributed by atoms with van der Waals surface area (Å²) in [6.45, 7) is 4.03. The van der Waals surface area contributed by atoms with E-state index in [2.05, 4.69) is 11.4 Å². The zero-order chi connectivity index (χ0) is 18.4. The predicted molar refractivity (Wildman–Crippen MR) is 97.9 cm³/mol. The third kappa shape index (κ3) is 4.74.